The molecule has 1 aromatic heterocycles. The molecule has 2 aliphatic carbocycles. The Kier molecular flexibility index (Phi) is 6.88. The Balaban J connectivity index is 1.17. The molecule has 2 bridgehead atoms. The Morgan fingerprint density at radius 2 is 1.20 bits per heavy atom. The summed E-state index contributed by atoms with van der Waals surface area (Å²) < 4.78 is 32.0. The van der Waals surface area contributed by atoms with Gasteiger partial charge in [-0.15, -0.1) is 11.3 Å². The molecule has 1 spiro atoms. The maximum Gasteiger partial charge on any atom is 0.207 e. The van der Waals surface area contributed by atoms with Crippen molar-refractivity contribution in [2.45, 2.75) is 53.7 Å². The highest BCUT2D eigenvalue weighted by Gasteiger charge is 2.57. The molecule has 5 heteroatoms. The van der Waals surface area contributed by atoms with Crippen LogP contribution in [0.2, 0.25) is 0 Å². The molecule has 0 radical (unpaired) electrons. The molecule has 0 N–H and O–H groups in total. The molecule has 3 nitrogen and oxygen atoms in total. The molecule has 2 fully saturated rings. The number of nitrogens with zero attached hydrogens (tertiary/aromatic N) is 1. The van der Waals surface area contributed by atoms with Gasteiger partial charge in [0.1, 0.15) is 0 Å². The van der Waals surface area contributed by atoms with Crippen LogP contribution in [0.3, 0.4) is 0 Å². The van der Waals surface area contributed by atoms with Gasteiger partial charge in [-0.3, -0.25) is 0 Å². The SMILES string of the molecule is O=S1(=O)c2ccccc2C2(c3ccc(N(c4ccccc4)c4cccc(-c5cccc6c5sc5ccccc56)c4)cc31)[C@H]1CCC[C@@H]2CCC1. The largest absolute Gasteiger partial charge is 0.310 e. The van der Waals surface area contributed by atoms with Crippen molar-refractivity contribution in [2.75, 3.05) is 4.90 Å². The average molecular weight is 688 g/mol. The number of rotatable bonds is 4. The second kappa shape index (κ2) is 11.4. The zero-order chi connectivity index (χ0) is 33.5. The van der Waals surface area contributed by atoms with E-state index < -0.39 is 9.84 Å². The van der Waals surface area contributed by atoms with Crippen LogP contribution < -0.4 is 4.90 Å². The van der Waals surface area contributed by atoms with Crippen molar-refractivity contribution >= 4 is 58.4 Å². The lowest BCUT2D eigenvalue weighted by Crippen LogP contribution is -2.51. The molecule has 2 saturated carbocycles. The fraction of sp³-hybridized carbons (Fsp3) is 0.200. The fourth-order valence-electron chi connectivity index (χ4n) is 9.97. The van der Waals surface area contributed by atoms with Gasteiger partial charge in [-0.2, -0.15) is 0 Å². The number of hydrogen-bond donors (Lipinski definition) is 0. The minimum absolute atomic E-state index is 0.257. The van der Waals surface area contributed by atoms with Crippen LogP contribution in [0.15, 0.2) is 149 Å². The van der Waals surface area contributed by atoms with Crippen LogP contribution in [0.4, 0.5) is 17.1 Å². The van der Waals surface area contributed by atoms with E-state index >= 15 is 0 Å². The normalized spacial score (nSPS) is 21.9. The first-order chi connectivity index (χ1) is 24.5. The lowest BCUT2D eigenvalue weighted by atomic mass is 9.49. The molecule has 0 amide bonds. The molecule has 246 valence electrons. The van der Waals surface area contributed by atoms with Crippen molar-refractivity contribution in [3.05, 3.63) is 151 Å². The summed E-state index contributed by atoms with van der Waals surface area (Å²) in [7, 11) is -3.74. The third-order valence-electron chi connectivity index (χ3n) is 11.9. The summed E-state index contributed by atoms with van der Waals surface area (Å²) in [5, 5.41) is 2.56. The predicted molar refractivity (Wildman–Crippen MR) is 207 cm³/mol. The Bertz CT molecular complexity index is 2530. The number of para-hydroxylation sites is 1. The van der Waals surface area contributed by atoms with Gasteiger partial charge in [0.2, 0.25) is 9.84 Å². The maximum absolute atomic E-state index is 14.7. The Labute approximate surface area is 297 Å². The smallest absolute Gasteiger partial charge is 0.207 e. The quantitative estimate of drug-likeness (QED) is 0.185. The van der Waals surface area contributed by atoms with Crippen molar-refractivity contribution < 1.29 is 8.42 Å². The van der Waals surface area contributed by atoms with Crippen LogP contribution >= 0.6 is 11.3 Å². The van der Waals surface area contributed by atoms with E-state index in [2.05, 4.69) is 102 Å². The second-order valence-electron chi connectivity index (χ2n) is 14.3. The summed E-state index contributed by atoms with van der Waals surface area (Å²) in [6, 6.07) is 48.5. The molecular formula is C45H37NO2S2. The second-order valence-corrected chi connectivity index (χ2v) is 17.2. The van der Waals surface area contributed by atoms with Crippen LogP contribution in [0.5, 0.6) is 0 Å². The number of benzene rings is 6. The minimum Gasteiger partial charge on any atom is -0.310 e. The van der Waals surface area contributed by atoms with Crippen molar-refractivity contribution in [1.29, 1.82) is 0 Å². The van der Waals surface area contributed by atoms with Crippen LogP contribution in [-0.2, 0) is 15.3 Å². The van der Waals surface area contributed by atoms with Crippen molar-refractivity contribution in [3.63, 3.8) is 0 Å². The Morgan fingerprint density at radius 3 is 2.02 bits per heavy atom. The van der Waals surface area contributed by atoms with Gasteiger partial charge in [0.05, 0.1) is 9.79 Å². The molecular weight excluding hydrogens is 651 g/mol. The molecule has 50 heavy (non-hydrogen) atoms. The van der Waals surface area contributed by atoms with Crippen molar-refractivity contribution in [1.82, 2.24) is 0 Å². The Hall–Kier alpha value is -4.71. The number of anilines is 3. The molecule has 1 aliphatic heterocycles. The maximum atomic E-state index is 14.7. The van der Waals surface area contributed by atoms with E-state index in [-0.39, 0.29) is 5.41 Å². The first-order valence-corrected chi connectivity index (χ1v) is 20.2. The van der Waals surface area contributed by atoms with E-state index in [1.54, 1.807) is 0 Å². The number of hydrogen-bond acceptors (Lipinski definition) is 4. The van der Waals surface area contributed by atoms with Gasteiger partial charge in [0.15, 0.2) is 0 Å². The van der Waals surface area contributed by atoms with Gasteiger partial charge in [-0.1, -0.05) is 104 Å². The summed E-state index contributed by atoms with van der Waals surface area (Å²) >= 11 is 1.84. The number of sulfone groups is 1. The van der Waals surface area contributed by atoms with Gasteiger partial charge in [-0.05, 0) is 108 Å². The molecule has 7 aromatic rings. The zero-order valence-electron chi connectivity index (χ0n) is 27.8. The summed E-state index contributed by atoms with van der Waals surface area (Å²) in [6.45, 7) is 0. The van der Waals surface area contributed by atoms with Gasteiger partial charge in [-0.25, -0.2) is 8.42 Å². The van der Waals surface area contributed by atoms with Crippen LogP contribution in [0.25, 0.3) is 31.3 Å². The first-order valence-electron chi connectivity index (χ1n) is 17.9. The topological polar surface area (TPSA) is 37.4 Å². The predicted octanol–water partition coefficient (Wildman–Crippen LogP) is 12.2. The lowest BCUT2D eigenvalue weighted by Gasteiger charge is -2.56. The van der Waals surface area contributed by atoms with Gasteiger partial charge >= 0.3 is 0 Å². The van der Waals surface area contributed by atoms with Crippen molar-refractivity contribution in [2.24, 2.45) is 11.8 Å². The Morgan fingerprint density at radius 1 is 0.560 bits per heavy atom. The number of fused-ring (bicyclic) bond motifs is 5. The highest BCUT2D eigenvalue weighted by molar-refractivity contribution is 7.91. The zero-order valence-corrected chi connectivity index (χ0v) is 29.4. The minimum atomic E-state index is -3.74. The van der Waals surface area contributed by atoms with E-state index in [1.165, 1.54) is 38.6 Å². The summed E-state index contributed by atoms with van der Waals surface area (Å²) in [4.78, 5) is 3.21. The highest BCUT2D eigenvalue weighted by Crippen LogP contribution is 2.62. The summed E-state index contributed by atoms with van der Waals surface area (Å²) in [5.41, 5.74) is 6.97. The van der Waals surface area contributed by atoms with E-state index in [1.807, 2.05) is 53.8 Å². The van der Waals surface area contributed by atoms with Crippen LogP contribution in [0.1, 0.15) is 49.7 Å². The van der Waals surface area contributed by atoms with E-state index in [0.717, 1.165) is 59.4 Å². The van der Waals surface area contributed by atoms with Gasteiger partial charge in [0, 0.05) is 42.6 Å². The van der Waals surface area contributed by atoms with Crippen molar-refractivity contribution in [3.8, 4) is 11.1 Å². The molecule has 2 heterocycles. The molecule has 10 rings (SSSR count). The lowest BCUT2D eigenvalue weighted by molar-refractivity contribution is 0.0783. The van der Waals surface area contributed by atoms with Gasteiger partial charge < -0.3 is 4.90 Å². The molecule has 0 unspecified atom stereocenters. The fourth-order valence-corrected chi connectivity index (χ4v) is 13.0. The third-order valence-corrected chi connectivity index (χ3v) is 15.0. The van der Waals surface area contributed by atoms with Crippen LogP contribution in [0, 0.1) is 11.8 Å². The van der Waals surface area contributed by atoms with E-state index in [0.29, 0.717) is 21.6 Å². The highest BCUT2D eigenvalue weighted by atomic mass is 32.2. The van der Waals surface area contributed by atoms with Crippen LogP contribution in [-0.4, -0.2) is 8.42 Å². The third kappa shape index (κ3) is 4.29. The number of thiophene rings is 1. The molecule has 3 aliphatic rings. The summed E-state index contributed by atoms with van der Waals surface area (Å²) in [6.07, 6.45) is 7.08. The van der Waals surface area contributed by atoms with E-state index in [9.17, 15) is 8.42 Å². The van der Waals surface area contributed by atoms with Gasteiger partial charge in [0.25, 0.3) is 0 Å². The summed E-state index contributed by atoms with van der Waals surface area (Å²) in [5.74, 6) is 0.907. The first kappa shape index (κ1) is 30.1. The van der Waals surface area contributed by atoms with E-state index in [4.69, 9.17) is 0 Å². The molecule has 6 aromatic carbocycles. The average Bonchev–Trinajstić information content (AvgIpc) is 3.54. The molecule has 0 atom stereocenters. The molecule has 0 saturated heterocycles. The standard InChI is InChI=1S/C45H37NO2S2/c47-50(48)42-25-7-5-23-39(42)45(31-13-9-14-32(45)16-10-15-31)40-27-26-35(29-43(40)50)46(33-17-2-1-3-18-33)34-19-8-12-30(28-34)36-21-11-22-38-37-20-4-6-24-41(37)49-44(36)38/h1-8,11-12,17-29,31-32H,9-10,13-16H2/t31-,32+,45?. The monoisotopic (exact) mass is 687 g/mol.